The summed E-state index contributed by atoms with van der Waals surface area (Å²) in [6.45, 7) is 11.2. The number of benzene rings is 1. The lowest BCUT2D eigenvalue weighted by Crippen LogP contribution is -2.35. The third-order valence-corrected chi connectivity index (χ3v) is 2.74. The van der Waals surface area contributed by atoms with Gasteiger partial charge in [-0.25, -0.2) is 0 Å². The molecule has 0 aliphatic carbocycles. The first kappa shape index (κ1) is 12.5. The fraction of sp³-hybridized carbons (Fsp3) is 0.200. The van der Waals surface area contributed by atoms with E-state index in [9.17, 15) is 0 Å². The highest BCUT2D eigenvalue weighted by atomic mass is 14.7. The Balaban J connectivity index is 3.04. The molecule has 1 nitrogen and oxygen atoms in total. The molecule has 0 saturated carbocycles. The zero-order chi connectivity index (χ0) is 12.0. The van der Waals surface area contributed by atoms with Gasteiger partial charge in [0, 0.05) is 5.54 Å². The van der Waals surface area contributed by atoms with Crippen molar-refractivity contribution in [3.63, 3.8) is 0 Å². The van der Waals surface area contributed by atoms with E-state index in [1.807, 2.05) is 42.5 Å². The highest BCUT2D eigenvalue weighted by molar-refractivity contribution is 5.48. The molecule has 0 bridgehead atoms. The Kier molecular flexibility index (Phi) is 4.27. The number of hydrogen-bond donors (Lipinski definition) is 1. The Hall–Kier alpha value is -1.60. The summed E-state index contributed by atoms with van der Waals surface area (Å²) in [7, 11) is 0. The van der Waals surface area contributed by atoms with Gasteiger partial charge in [0.25, 0.3) is 0 Å². The minimum atomic E-state index is -0.386. The van der Waals surface area contributed by atoms with Gasteiger partial charge in [-0.1, -0.05) is 49.1 Å². The van der Waals surface area contributed by atoms with Gasteiger partial charge in [0.05, 0.1) is 0 Å². The van der Waals surface area contributed by atoms with Crippen molar-refractivity contribution in [1.29, 1.82) is 0 Å². The molecule has 16 heavy (non-hydrogen) atoms. The summed E-state index contributed by atoms with van der Waals surface area (Å²) >= 11 is 0. The van der Waals surface area contributed by atoms with Gasteiger partial charge in [0.1, 0.15) is 0 Å². The predicted molar refractivity (Wildman–Crippen MR) is 72.0 cm³/mol. The molecule has 84 valence electrons. The van der Waals surface area contributed by atoms with Crippen LogP contribution in [0.3, 0.4) is 0 Å². The van der Waals surface area contributed by atoms with Crippen molar-refractivity contribution >= 4 is 6.08 Å². The van der Waals surface area contributed by atoms with E-state index in [-0.39, 0.29) is 5.54 Å². The Morgan fingerprint density at radius 2 is 1.50 bits per heavy atom. The number of hydrogen-bond acceptors (Lipinski definition) is 1. The van der Waals surface area contributed by atoms with Crippen molar-refractivity contribution in [2.45, 2.75) is 18.4 Å². The van der Waals surface area contributed by atoms with Crippen LogP contribution >= 0.6 is 0 Å². The van der Waals surface area contributed by atoms with Crippen molar-refractivity contribution in [3.05, 3.63) is 67.3 Å². The smallest absolute Gasteiger partial charge is 0.0479 e. The summed E-state index contributed by atoms with van der Waals surface area (Å²) in [4.78, 5) is 0. The molecule has 1 aromatic carbocycles. The molecule has 1 aromatic rings. The average Bonchev–Trinajstić information content (AvgIpc) is 2.30. The predicted octanol–water partition coefficient (Wildman–Crippen LogP) is 3.64. The lowest BCUT2D eigenvalue weighted by molar-refractivity contribution is 0.456. The van der Waals surface area contributed by atoms with Crippen LogP contribution in [-0.2, 0) is 5.54 Å². The van der Waals surface area contributed by atoms with Crippen LogP contribution in [0.15, 0.2) is 56.2 Å². The summed E-state index contributed by atoms with van der Waals surface area (Å²) in [6.07, 6.45) is 7.01. The maximum absolute atomic E-state index is 6.36. The third kappa shape index (κ3) is 2.71. The van der Waals surface area contributed by atoms with Crippen LogP contribution < -0.4 is 5.73 Å². The molecular weight excluding hydrogens is 194 g/mol. The maximum atomic E-state index is 6.36. The molecule has 0 saturated heterocycles. The van der Waals surface area contributed by atoms with Crippen LogP contribution in [0, 0.1) is 0 Å². The van der Waals surface area contributed by atoms with Gasteiger partial charge in [-0.2, -0.15) is 0 Å². The fourth-order valence-corrected chi connectivity index (χ4v) is 1.79. The van der Waals surface area contributed by atoms with Crippen molar-refractivity contribution in [3.8, 4) is 0 Å². The lowest BCUT2D eigenvalue weighted by atomic mass is 9.84. The molecule has 0 aliphatic heterocycles. The second kappa shape index (κ2) is 5.47. The second-order valence-corrected chi connectivity index (χ2v) is 3.97. The van der Waals surface area contributed by atoms with Crippen LogP contribution in [0.5, 0.6) is 0 Å². The van der Waals surface area contributed by atoms with Gasteiger partial charge in [-0.15, -0.1) is 13.2 Å². The Bertz CT molecular complexity index is 363. The largest absolute Gasteiger partial charge is 0.321 e. The normalized spacial score (nSPS) is 10.8. The van der Waals surface area contributed by atoms with Crippen molar-refractivity contribution in [1.82, 2.24) is 0 Å². The minimum absolute atomic E-state index is 0.386. The number of nitrogens with two attached hydrogens (primary N) is 1. The summed E-state index contributed by atoms with van der Waals surface area (Å²) in [6, 6.07) is 8.14. The molecule has 1 rings (SSSR count). The van der Waals surface area contributed by atoms with Crippen LogP contribution in [0.2, 0.25) is 0 Å². The molecule has 0 heterocycles. The van der Waals surface area contributed by atoms with E-state index >= 15 is 0 Å². The van der Waals surface area contributed by atoms with E-state index in [2.05, 4.69) is 19.7 Å². The van der Waals surface area contributed by atoms with E-state index in [1.165, 1.54) is 0 Å². The Morgan fingerprint density at radius 1 is 1.00 bits per heavy atom. The monoisotopic (exact) mass is 213 g/mol. The van der Waals surface area contributed by atoms with Gasteiger partial charge in [-0.05, 0) is 24.0 Å². The molecule has 0 amide bonds. The summed E-state index contributed by atoms with van der Waals surface area (Å²) < 4.78 is 0. The molecule has 0 spiro atoms. The molecule has 1 heteroatoms. The second-order valence-electron chi connectivity index (χ2n) is 3.97. The first-order chi connectivity index (χ1) is 7.66. The van der Waals surface area contributed by atoms with Crippen LogP contribution in [0.4, 0.5) is 0 Å². The molecule has 0 fully saturated rings. The molecule has 0 aliphatic rings. The Morgan fingerprint density at radius 3 is 1.88 bits per heavy atom. The molecule has 0 aromatic heterocycles. The van der Waals surface area contributed by atoms with E-state index < -0.39 is 0 Å². The van der Waals surface area contributed by atoms with E-state index in [4.69, 9.17) is 5.73 Å². The van der Waals surface area contributed by atoms with Gasteiger partial charge < -0.3 is 5.73 Å². The standard InChI is InChI=1S/C15H19N/c1-4-11-15(16,12-5-2)14-9-7-13(6-3)8-10-14/h4-10H,1-3,11-12,16H2. The van der Waals surface area contributed by atoms with Gasteiger partial charge in [0.2, 0.25) is 0 Å². The first-order valence-corrected chi connectivity index (χ1v) is 5.40. The van der Waals surface area contributed by atoms with Gasteiger partial charge in [-0.3, -0.25) is 0 Å². The first-order valence-electron chi connectivity index (χ1n) is 5.40. The summed E-state index contributed by atoms with van der Waals surface area (Å²) in [5.74, 6) is 0. The maximum Gasteiger partial charge on any atom is 0.0479 e. The van der Waals surface area contributed by atoms with Crippen molar-refractivity contribution < 1.29 is 0 Å². The number of rotatable bonds is 6. The topological polar surface area (TPSA) is 26.0 Å². The van der Waals surface area contributed by atoms with Crippen LogP contribution in [0.25, 0.3) is 6.08 Å². The molecule has 0 unspecified atom stereocenters. The molecular formula is C15H19N. The van der Waals surface area contributed by atoms with E-state index in [0.29, 0.717) is 0 Å². The quantitative estimate of drug-likeness (QED) is 0.717. The molecule has 0 radical (unpaired) electrons. The summed E-state index contributed by atoms with van der Waals surface area (Å²) in [5.41, 5.74) is 8.19. The molecule has 0 atom stereocenters. The zero-order valence-electron chi connectivity index (χ0n) is 9.65. The van der Waals surface area contributed by atoms with Crippen LogP contribution in [-0.4, -0.2) is 0 Å². The van der Waals surface area contributed by atoms with Gasteiger partial charge in [0.15, 0.2) is 0 Å². The average molecular weight is 213 g/mol. The highest BCUT2D eigenvalue weighted by Crippen LogP contribution is 2.27. The van der Waals surface area contributed by atoms with E-state index in [1.54, 1.807) is 0 Å². The molecule has 2 N–H and O–H groups in total. The van der Waals surface area contributed by atoms with Crippen LogP contribution in [0.1, 0.15) is 24.0 Å². The summed E-state index contributed by atoms with van der Waals surface area (Å²) in [5, 5.41) is 0. The fourth-order valence-electron chi connectivity index (χ4n) is 1.79. The Labute approximate surface area is 98.0 Å². The zero-order valence-corrected chi connectivity index (χ0v) is 9.65. The van der Waals surface area contributed by atoms with Crippen molar-refractivity contribution in [2.24, 2.45) is 5.73 Å². The van der Waals surface area contributed by atoms with E-state index in [0.717, 1.165) is 24.0 Å². The minimum Gasteiger partial charge on any atom is -0.321 e. The lowest BCUT2D eigenvalue weighted by Gasteiger charge is -2.27. The van der Waals surface area contributed by atoms with Crippen molar-refractivity contribution in [2.75, 3.05) is 0 Å². The SMILES string of the molecule is C=CCC(N)(CC=C)c1ccc(C=C)cc1. The highest BCUT2D eigenvalue weighted by Gasteiger charge is 2.23. The third-order valence-electron chi connectivity index (χ3n) is 2.74. The van der Waals surface area contributed by atoms with Gasteiger partial charge >= 0.3 is 0 Å².